The lowest BCUT2D eigenvalue weighted by molar-refractivity contribution is 0.229. The van der Waals surface area contributed by atoms with Gasteiger partial charge in [-0.2, -0.15) is 0 Å². The number of rotatable bonds is 7. The molecule has 1 aromatic rings. The maximum Gasteiger partial charge on any atom is 0.0340 e. The molecule has 0 saturated carbocycles. The normalized spacial score (nSPS) is 13.5. The predicted molar refractivity (Wildman–Crippen MR) is 130 cm³/mol. The second-order valence-electron chi connectivity index (χ2n) is 9.42. The van der Waals surface area contributed by atoms with Gasteiger partial charge in [-0.1, -0.05) is 97.2 Å². The minimum atomic E-state index is 0.299. The van der Waals surface area contributed by atoms with Crippen molar-refractivity contribution in [2.75, 3.05) is 11.9 Å². The van der Waals surface area contributed by atoms with Crippen LogP contribution in [-0.4, -0.2) is 6.54 Å². The van der Waals surface area contributed by atoms with Crippen LogP contribution in [0.15, 0.2) is 73.4 Å². The molecule has 1 aromatic carbocycles. The first kappa shape index (κ1) is 26.0. The Morgan fingerprint density at radius 1 is 1.04 bits per heavy atom. The summed E-state index contributed by atoms with van der Waals surface area (Å²) in [7, 11) is 0. The standard InChI is InChI=1S/C18H31N.C9H12/c1-8-19-15-11-9-14(10-12-15)16(18(5,6)7)13-17(2,3)4;1-4-7-8-9(5-2)6-3/h9-12,16,19H,8,13H2,1-7H3;4-8H,1-2H2,3H3/b;8-7-,9-6-. The van der Waals surface area contributed by atoms with Crippen molar-refractivity contribution in [2.45, 2.75) is 67.7 Å². The maximum atomic E-state index is 3.63. The molecular weight excluding hydrogens is 338 g/mol. The quantitative estimate of drug-likeness (QED) is 0.466. The molecule has 0 aliphatic carbocycles. The molecule has 0 bridgehead atoms. The first-order valence-electron chi connectivity index (χ1n) is 10.4. The van der Waals surface area contributed by atoms with E-state index in [1.807, 2.05) is 25.2 Å². The zero-order chi connectivity index (χ0) is 21.8. The Hall–Kier alpha value is -2.02. The summed E-state index contributed by atoms with van der Waals surface area (Å²) in [4.78, 5) is 0. The highest BCUT2D eigenvalue weighted by atomic mass is 14.8. The molecule has 156 valence electrons. The second kappa shape index (κ2) is 12.4. The van der Waals surface area contributed by atoms with Gasteiger partial charge in [0.1, 0.15) is 0 Å². The molecule has 1 unspecified atom stereocenters. The monoisotopic (exact) mass is 381 g/mol. The van der Waals surface area contributed by atoms with E-state index in [-0.39, 0.29) is 0 Å². The Balaban J connectivity index is 0.000000684. The molecule has 0 aromatic heterocycles. The van der Waals surface area contributed by atoms with Crippen LogP contribution in [0, 0.1) is 10.8 Å². The Kier molecular flexibility index (Phi) is 11.5. The molecule has 1 rings (SSSR count). The summed E-state index contributed by atoms with van der Waals surface area (Å²) in [5, 5.41) is 3.36. The average Bonchev–Trinajstić information content (AvgIpc) is 2.61. The third-order valence-electron chi connectivity index (χ3n) is 4.55. The number of hydrogen-bond donors (Lipinski definition) is 1. The van der Waals surface area contributed by atoms with Crippen molar-refractivity contribution in [1.29, 1.82) is 0 Å². The molecule has 0 saturated heterocycles. The van der Waals surface area contributed by atoms with Gasteiger partial charge in [-0.25, -0.2) is 0 Å². The van der Waals surface area contributed by atoms with Gasteiger partial charge in [0, 0.05) is 12.2 Å². The molecule has 1 atom stereocenters. The summed E-state index contributed by atoms with van der Waals surface area (Å²) in [6.45, 7) is 26.3. The summed E-state index contributed by atoms with van der Waals surface area (Å²) in [5.41, 5.74) is 4.46. The van der Waals surface area contributed by atoms with Crippen LogP contribution in [0.3, 0.4) is 0 Å². The van der Waals surface area contributed by atoms with Gasteiger partial charge < -0.3 is 5.32 Å². The largest absolute Gasteiger partial charge is 0.385 e. The van der Waals surface area contributed by atoms with Crippen LogP contribution in [0.5, 0.6) is 0 Å². The minimum absolute atomic E-state index is 0.299. The van der Waals surface area contributed by atoms with Crippen LogP contribution in [0.4, 0.5) is 5.69 Å². The van der Waals surface area contributed by atoms with Gasteiger partial charge in [0.25, 0.3) is 0 Å². The van der Waals surface area contributed by atoms with E-state index in [0.29, 0.717) is 16.7 Å². The Morgan fingerprint density at radius 3 is 1.96 bits per heavy atom. The zero-order valence-electron chi connectivity index (χ0n) is 19.6. The number of allylic oxidation sites excluding steroid dienone is 6. The van der Waals surface area contributed by atoms with E-state index in [4.69, 9.17) is 0 Å². The zero-order valence-corrected chi connectivity index (χ0v) is 19.6. The van der Waals surface area contributed by atoms with E-state index < -0.39 is 0 Å². The molecule has 0 heterocycles. The van der Waals surface area contributed by atoms with Gasteiger partial charge in [0.15, 0.2) is 0 Å². The minimum Gasteiger partial charge on any atom is -0.385 e. The van der Waals surface area contributed by atoms with Crippen molar-refractivity contribution < 1.29 is 0 Å². The number of nitrogens with one attached hydrogen (secondary N) is 1. The van der Waals surface area contributed by atoms with Gasteiger partial charge in [-0.3, -0.25) is 0 Å². The fourth-order valence-corrected chi connectivity index (χ4v) is 3.04. The van der Waals surface area contributed by atoms with Crippen molar-refractivity contribution in [3.63, 3.8) is 0 Å². The lowest BCUT2D eigenvalue weighted by Gasteiger charge is -2.36. The smallest absolute Gasteiger partial charge is 0.0340 e. The highest BCUT2D eigenvalue weighted by molar-refractivity contribution is 5.45. The van der Waals surface area contributed by atoms with Crippen molar-refractivity contribution in [1.82, 2.24) is 0 Å². The lowest BCUT2D eigenvalue weighted by Crippen LogP contribution is -2.23. The summed E-state index contributed by atoms with van der Waals surface area (Å²) in [6.07, 6.45) is 10.6. The first-order valence-corrected chi connectivity index (χ1v) is 10.4. The Labute approximate surface area is 175 Å². The van der Waals surface area contributed by atoms with Gasteiger partial charge in [-0.15, -0.1) is 0 Å². The molecule has 1 N–H and O–H groups in total. The first-order chi connectivity index (χ1) is 13.0. The highest BCUT2D eigenvalue weighted by Crippen LogP contribution is 2.43. The van der Waals surface area contributed by atoms with Gasteiger partial charge in [-0.05, 0) is 60.3 Å². The Bertz CT molecular complexity index is 630. The molecule has 1 nitrogen and oxygen atoms in total. The third kappa shape index (κ3) is 11.0. The van der Waals surface area contributed by atoms with Crippen molar-refractivity contribution in [3.05, 3.63) is 78.9 Å². The molecule has 0 spiro atoms. The molecule has 0 aliphatic heterocycles. The highest BCUT2D eigenvalue weighted by Gasteiger charge is 2.30. The van der Waals surface area contributed by atoms with Crippen LogP contribution in [0.25, 0.3) is 0 Å². The van der Waals surface area contributed by atoms with E-state index in [9.17, 15) is 0 Å². The van der Waals surface area contributed by atoms with Crippen LogP contribution in [0.1, 0.15) is 73.3 Å². The molecule has 0 amide bonds. The summed E-state index contributed by atoms with van der Waals surface area (Å²) >= 11 is 0. The van der Waals surface area contributed by atoms with E-state index in [1.54, 1.807) is 12.2 Å². The number of hydrogen-bond acceptors (Lipinski definition) is 1. The van der Waals surface area contributed by atoms with E-state index in [1.165, 1.54) is 17.7 Å². The SMILES string of the molecule is C=C/C=C\C(C=C)=C/C.CCNc1ccc(C(CC(C)(C)C)C(C)(C)C)cc1. The van der Waals surface area contributed by atoms with E-state index in [2.05, 4.69) is 91.2 Å². The van der Waals surface area contributed by atoms with Gasteiger partial charge in [0.05, 0.1) is 0 Å². The van der Waals surface area contributed by atoms with E-state index in [0.717, 1.165) is 12.1 Å². The molecule has 28 heavy (non-hydrogen) atoms. The van der Waals surface area contributed by atoms with Crippen LogP contribution in [-0.2, 0) is 0 Å². The molecule has 0 fully saturated rings. The van der Waals surface area contributed by atoms with E-state index >= 15 is 0 Å². The molecule has 0 radical (unpaired) electrons. The predicted octanol–water partition coefficient (Wildman–Crippen LogP) is 8.55. The maximum absolute atomic E-state index is 3.63. The second-order valence-corrected chi connectivity index (χ2v) is 9.42. The summed E-state index contributed by atoms with van der Waals surface area (Å²) in [5.74, 6) is 0.600. The fraction of sp³-hybridized carbons (Fsp3) is 0.481. The molecule has 0 aliphatic rings. The van der Waals surface area contributed by atoms with Crippen LogP contribution >= 0.6 is 0 Å². The molecule has 1 heteroatoms. The fourth-order valence-electron chi connectivity index (χ4n) is 3.04. The van der Waals surface area contributed by atoms with Crippen molar-refractivity contribution in [3.8, 4) is 0 Å². The van der Waals surface area contributed by atoms with Gasteiger partial charge in [0.2, 0.25) is 0 Å². The molecular formula is C27H43N. The Morgan fingerprint density at radius 2 is 1.61 bits per heavy atom. The average molecular weight is 382 g/mol. The lowest BCUT2D eigenvalue weighted by atomic mass is 9.69. The van der Waals surface area contributed by atoms with Crippen molar-refractivity contribution >= 4 is 5.69 Å². The van der Waals surface area contributed by atoms with Crippen LogP contribution < -0.4 is 5.32 Å². The topological polar surface area (TPSA) is 12.0 Å². The third-order valence-corrected chi connectivity index (χ3v) is 4.55. The van der Waals surface area contributed by atoms with Crippen molar-refractivity contribution in [2.24, 2.45) is 10.8 Å². The van der Waals surface area contributed by atoms with Gasteiger partial charge >= 0.3 is 0 Å². The number of anilines is 1. The summed E-state index contributed by atoms with van der Waals surface area (Å²) in [6, 6.07) is 9.00. The number of benzene rings is 1. The summed E-state index contributed by atoms with van der Waals surface area (Å²) < 4.78 is 0. The van der Waals surface area contributed by atoms with Crippen LogP contribution in [0.2, 0.25) is 0 Å².